The van der Waals surface area contributed by atoms with Crippen molar-refractivity contribution in [3.63, 3.8) is 0 Å². The number of esters is 1. The van der Waals surface area contributed by atoms with Gasteiger partial charge >= 0.3 is 5.97 Å². The number of hydrogen-bond donors (Lipinski definition) is 0. The molecule has 2 unspecified atom stereocenters. The fraction of sp³-hybridized carbons (Fsp3) is 0.483. The summed E-state index contributed by atoms with van der Waals surface area (Å²) in [5, 5.41) is 0. The lowest BCUT2D eigenvalue weighted by atomic mass is 9.81. The number of aryl methyl sites for hydroxylation is 1. The molecule has 0 heterocycles. The second-order valence-corrected chi connectivity index (χ2v) is 9.19. The number of carbonyl (C=O) groups is 1. The Morgan fingerprint density at radius 1 is 1.03 bits per heavy atom. The summed E-state index contributed by atoms with van der Waals surface area (Å²) in [6.45, 7) is 6.86. The van der Waals surface area contributed by atoms with Gasteiger partial charge in [-0.1, -0.05) is 70.4 Å². The monoisotopic (exact) mass is 418 g/mol. The van der Waals surface area contributed by atoms with Crippen molar-refractivity contribution >= 4 is 11.5 Å². The van der Waals surface area contributed by atoms with Gasteiger partial charge in [0, 0.05) is 0 Å². The van der Waals surface area contributed by atoms with E-state index in [0.717, 1.165) is 24.7 Å². The van der Waals surface area contributed by atoms with E-state index in [9.17, 15) is 4.79 Å². The molecule has 0 spiro atoms. The minimum atomic E-state index is -0.295. The molecule has 31 heavy (non-hydrogen) atoms. The molecule has 0 saturated heterocycles. The Balaban J connectivity index is 1.53. The van der Waals surface area contributed by atoms with Crippen molar-refractivity contribution in [3.8, 4) is 5.75 Å². The minimum Gasteiger partial charge on any atom is -0.423 e. The second kappa shape index (κ2) is 11.9. The first-order valence-electron chi connectivity index (χ1n) is 12.2. The highest BCUT2D eigenvalue weighted by atomic mass is 16.5. The van der Waals surface area contributed by atoms with Crippen LogP contribution in [0.2, 0.25) is 0 Å². The van der Waals surface area contributed by atoms with Gasteiger partial charge in [-0.15, -0.1) is 0 Å². The topological polar surface area (TPSA) is 26.3 Å². The van der Waals surface area contributed by atoms with Gasteiger partial charge in [0.05, 0.1) is 5.56 Å². The molecule has 1 aliphatic carbocycles. The third-order valence-electron chi connectivity index (χ3n) is 6.65. The van der Waals surface area contributed by atoms with Crippen LogP contribution in [0.4, 0.5) is 0 Å². The molecule has 0 aliphatic heterocycles. The van der Waals surface area contributed by atoms with Crippen molar-refractivity contribution in [3.05, 3.63) is 71.3 Å². The van der Waals surface area contributed by atoms with Crippen molar-refractivity contribution in [2.24, 2.45) is 11.8 Å². The number of carbonyl (C=O) groups excluding carboxylic acids is 1. The molecule has 0 amide bonds. The maximum absolute atomic E-state index is 12.5. The summed E-state index contributed by atoms with van der Waals surface area (Å²) in [7, 11) is 0. The first-order valence-corrected chi connectivity index (χ1v) is 12.2. The Morgan fingerprint density at radius 2 is 1.77 bits per heavy atom. The maximum atomic E-state index is 12.5. The normalized spacial score (nSPS) is 17.1. The van der Waals surface area contributed by atoms with E-state index in [1.54, 1.807) is 0 Å². The Morgan fingerprint density at radius 3 is 2.39 bits per heavy atom. The molecule has 3 rings (SSSR count). The molecule has 2 aromatic carbocycles. The highest BCUT2D eigenvalue weighted by Gasteiger charge is 2.18. The molecule has 0 bridgehead atoms. The van der Waals surface area contributed by atoms with Crippen molar-refractivity contribution in [1.29, 1.82) is 0 Å². The predicted octanol–water partition coefficient (Wildman–Crippen LogP) is 8.26. The number of benzene rings is 2. The van der Waals surface area contributed by atoms with E-state index in [-0.39, 0.29) is 5.97 Å². The van der Waals surface area contributed by atoms with Crippen LogP contribution in [0.25, 0.3) is 5.57 Å². The Kier molecular flexibility index (Phi) is 8.94. The van der Waals surface area contributed by atoms with Gasteiger partial charge in [0.2, 0.25) is 0 Å². The van der Waals surface area contributed by atoms with Crippen molar-refractivity contribution in [1.82, 2.24) is 0 Å². The molecule has 0 aromatic heterocycles. The third kappa shape index (κ3) is 7.09. The highest BCUT2D eigenvalue weighted by molar-refractivity contribution is 5.91. The van der Waals surface area contributed by atoms with Crippen LogP contribution in [-0.4, -0.2) is 5.97 Å². The van der Waals surface area contributed by atoms with Crippen LogP contribution in [0.15, 0.2) is 54.6 Å². The van der Waals surface area contributed by atoms with Crippen LogP contribution in [0.5, 0.6) is 5.75 Å². The Bertz CT molecular complexity index is 845. The Hall–Kier alpha value is -2.35. The average molecular weight is 419 g/mol. The zero-order chi connectivity index (χ0) is 22.1. The quantitative estimate of drug-likeness (QED) is 0.220. The van der Waals surface area contributed by atoms with Gasteiger partial charge in [0.1, 0.15) is 5.75 Å². The van der Waals surface area contributed by atoms with Gasteiger partial charge in [-0.2, -0.15) is 0 Å². The standard InChI is InChI=1S/C29H38O2/c1-4-6-7-8-23-11-19-28(20-12-23)31-29(30)27-17-15-26(16-18-27)25-13-9-24(10-14-25)21-22(3)5-2/h11-13,15-20,22,24H,4-10,14,21H2,1-3H3. The van der Waals surface area contributed by atoms with Crippen LogP contribution >= 0.6 is 0 Å². The number of allylic oxidation sites excluding steroid dienone is 2. The number of rotatable bonds is 10. The second-order valence-electron chi connectivity index (χ2n) is 9.19. The van der Waals surface area contributed by atoms with Crippen molar-refractivity contribution in [2.75, 3.05) is 0 Å². The van der Waals surface area contributed by atoms with Crippen molar-refractivity contribution < 1.29 is 9.53 Å². The van der Waals surface area contributed by atoms with Gasteiger partial charge in [-0.25, -0.2) is 4.79 Å². The minimum absolute atomic E-state index is 0.295. The fourth-order valence-electron chi connectivity index (χ4n) is 4.39. The van der Waals surface area contributed by atoms with E-state index >= 15 is 0 Å². The molecule has 0 saturated carbocycles. The number of ether oxygens (including phenoxy) is 1. The fourth-order valence-corrected chi connectivity index (χ4v) is 4.39. The first-order chi connectivity index (χ1) is 15.1. The van der Waals surface area contributed by atoms with Gasteiger partial charge in [0.15, 0.2) is 0 Å². The summed E-state index contributed by atoms with van der Waals surface area (Å²) in [5.41, 5.74) is 4.54. The molecule has 2 heteroatoms. The van der Waals surface area contributed by atoms with Crippen LogP contribution in [-0.2, 0) is 6.42 Å². The highest BCUT2D eigenvalue weighted by Crippen LogP contribution is 2.34. The molecular formula is C29H38O2. The smallest absolute Gasteiger partial charge is 0.343 e. The SMILES string of the molecule is CCCCCc1ccc(OC(=O)c2ccc(C3=CCC(CC(C)CC)CC3)cc2)cc1. The van der Waals surface area contributed by atoms with Gasteiger partial charge in [0.25, 0.3) is 0 Å². The largest absolute Gasteiger partial charge is 0.423 e. The van der Waals surface area contributed by atoms with E-state index < -0.39 is 0 Å². The molecule has 0 fully saturated rings. The van der Waals surface area contributed by atoms with E-state index in [2.05, 4.69) is 51.1 Å². The van der Waals surface area contributed by atoms with Gasteiger partial charge < -0.3 is 4.74 Å². The molecule has 2 atom stereocenters. The predicted molar refractivity (Wildman–Crippen MR) is 130 cm³/mol. The van der Waals surface area contributed by atoms with Gasteiger partial charge in [-0.3, -0.25) is 0 Å². The average Bonchev–Trinajstić information content (AvgIpc) is 2.81. The van der Waals surface area contributed by atoms with E-state index in [1.807, 2.05) is 24.3 Å². The summed E-state index contributed by atoms with van der Waals surface area (Å²) in [6.07, 6.45) is 13.4. The third-order valence-corrected chi connectivity index (χ3v) is 6.65. The first kappa shape index (κ1) is 23.3. The van der Waals surface area contributed by atoms with Crippen LogP contribution < -0.4 is 4.74 Å². The summed E-state index contributed by atoms with van der Waals surface area (Å²) in [5.74, 6) is 1.96. The van der Waals surface area contributed by atoms with Crippen LogP contribution in [0.1, 0.15) is 93.6 Å². The Labute approximate surface area is 188 Å². The molecule has 0 radical (unpaired) electrons. The van der Waals surface area contributed by atoms with E-state index in [0.29, 0.717) is 11.3 Å². The zero-order valence-corrected chi connectivity index (χ0v) is 19.5. The summed E-state index contributed by atoms with van der Waals surface area (Å²) >= 11 is 0. The van der Waals surface area contributed by atoms with E-state index in [4.69, 9.17) is 4.74 Å². The zero-order valence-electron chi connectivity index (χ0n) is 19.5. The van der Waals surface area contributed by atoms with E-state index in [1.165, 1.54) is 61.6 Å². The lowest BCUT2D eigenvalue weighted by Gasteiger charge is -2.24. The number of hydrogen-bond acceptors (Lipinski definition) is 2. The molecular weight excluding hydrogens is 380 g/mol. The van der Waals surface area contributed by atoms with Crippen LogP contribution in [0, 0.1) is 11.8 Å². The maximum Gasteiger partial charge on any atom is 0.343 e. The summed E-state index contributed by atoms with van der Waals surface area (Å²) < 4.78 is 5.57. The number of unbranched alkanes of at least 4 members (excludes halogenated alkanes) is 2. The van der Waals surface area contributed by atoms with Gasteiger partial charge in [-0.05, 0) is 91.3 Å². The molecule has 0 N–H and O–H groups in total. The molecule has 166 valence electrons. The molecule has 2 aromatic rings. The summed E-state index contributed by atoms with van der Waals surface area (Å²) in [4.78, 5) is 12.5. The lowest BCUT2D eigenvalue weighted by Crippen LogP contribution is -2.10. The van der Waals surface area contributed by atoms with Crippen LogP contribution in [0.3, 0.4) is 0 Å². The molecule has 2 nitrogen and oxygen atoms in total. The van der Waals surface area contributed by atoms with Crippen molar-refractivity contribution in [2.45, 2.75) is 78.6 Å². The molecule has 1 aliphatic rings. The lowest BCUT2D eigenvalue weighted by molar-refractivity contribution is 0.0734. The summed E-state index contributed by atoms with van der Waals surface area (Å²) in [6, 6.07) is 15.8.